The third-order valence-electron chi connectivity index (χ3n) is 4.43. The van der Waals surface area contributed by atoms with E-state index in [1.807, 2.05) is 0 Å². The lowest BCUT2D eigenvalue weighted by atomic mass is 9.94. The van der Waals surface area contributed by atoms with E-state index in [0.29, 0.717) is 17.2 Å². The summed E-state index contributed by atoms with van der Waals surface area (Å²) in [7, 11) is 0. The Morgan fingerprint density at radius 3 is 1.79 bits per heavy atom. The van der Waals surface area contributed by atoms with Gasteiger partial charge in [-0.3, -0.25) is 10.1 Å². The molecule has 144 valence electrons. The van der Waals surface area contributed by atoms with Crippen LogP contribution in [0.5, 0.6) is 0 Å². The van der Waals surface area contributed by atoms with E-state index < -0.39 is 35.8 Å². The first-order valence-corrected chi connectivity index (χ1v) is 8.68. The summed E-state index contributed by atoms with van der Waals surface area (Å²) in [6.45, 7) is 0. The molecule has 0 aromatic heterocycles. The van der Waals surface area contributed by atoms with Crippen LogP contribution in [0.25, 0.3) is 0 Å². The molecule has 28 heavy (non-hydrogen) atoms. The average Bonchev–Trinajstić information content (AvgIpc) is 2.68. The minimum atomic E-state index is -1.42. The molecule has 0 heterocycles. The largest absolute Gasteiger partial charge is 0.480 e. The molecule has 3 rings (SSSR count). The van der Waals surface area contributed by atoms with Crippen molar-refractivity contribution in [3.63, 3.8) is 0 Å². The molecule has 0 fully saturated rings. The number of benzene rings is 3. The van der Waals surface area contributed by atoms with Crippen molar-refractivity contribution in [2.24, 2.45) is 0 Å². The van der Waals surface area contributed by atoms with Crippen LogP contribution in [0.1, 0.15) is 34.9 Å². The van der Waals surface area contributed by atoms with Crippen LogP contribution in [0, 0.1) is 11.6 Å². The number of aliphatic hydroxyl groups is 1. The van der Waals surface area contributed by atoms with Crippen LogP contribution in [0.3, 0.4) is 0 Å². The molecule has 3 atom stereocenters. The van der Waals surface area contributed by atoms with E-state index in [1.54, 1.807) is 60.7 Å². The number of aliphatic hydroxyl groups excluding tert-OH is 1. The minimum absolute atomic E-state index is 0.0776. The van der Waals surface area contributed by atoms with Crippen molar-refractivity contribution >= 4 is 5.97 Å². The SMILES string of the molecule is O=C(O)C(N[C@H](c1ccccc1)[C@@H](O)c1ccccc1)c1cc(F)cc(F)c1. The number of hydrogen-bond donors (Lipinski definition) is 3. The van der Waals surface area contributed by atoms with Crippen LogP contribution >= 0.6 is 0 Å². The molecule has 0 radical (unpaired) electrons. The standard InChI is InChI=1S/C22H19F2NO3/c23-17-11-16(12-18(24)13-17)20(22(27)28)25-19(14-7-3-1-4-8-14)21(26)15-9-5-2-6-10-15/h1-13,19-21,25-26H,(H,27,28)/t19-,20?,21+/m1/s1. The summed E-state index contributed by atoms with van der Waals surface area (Å²) in [5.41, 5.74) is 1.14. The van der Waals surface area contributed by atoms with Gasteiger partial charge in [0.15, 0.2) is 0 Å². The van der Waals surface area contributed by atoms with Gasteiger partial charge in [-0.05, 0) is 28.8 Å². The van der Waals surface area contributed by atoms with Gasteiger partial charge in [-0.25, -0.2) is 8.78 Å². The summed E-state index contributed by atoms with van der Waals surface area (Å²) >= 11 is 0. The van der Waals surface area contributed by atoms with E-state index in [1.165, 1.54) is 0 Å². The molecule has 0 aliphatic rings. The number of rotatable bonds is 7. The summed E-state index contributed by atoms with van der Waals surface area (Å²) in [5, 5.41) is 23.4. The van der Waals surface area contributed by atoms with E-state index in [0.717, 1.165) is 12.1 Å². The maximum absolute atomic E-state index is 13.6. The summed E-state index contributed by atoms with van der Waals surface area (Å²) in [6, 6.07) is 17.9. The van der Waals surface area contributed by atoms with Crippen molar-refractivity contribution in [2.45, 2.75) is 18.2 Å². The third-order valence-corrected chi connectivity index (χ3v) is 4.43. The minimum Gasteiger partial charge on any atom is -0.480 e. The molecule has 0 saturated carbocycles. The van der Waals surface area contributed by atoms with Gasteiger partial charge >= 0.3 is 5.97 Å². The molecular formula is C22H19F2NO3. The third kappa shape index (κ3) is 4.60. The molecule has 0 bridgehead atoms. The van der Waals surface area contributed by atoms with Crippen LogP contribution in [-0.2, 0) is 4.79 Å². The molecule has 0 aliphatic heterocycles. The number of halogens is 2. The predicted octanol–water partition coefficient (Wildman–Crippen LogP) is 4.16. The maximum atomic E-state index is 13.6. The molecule has 0 aliphatic carbocycles. The highest BCUT2D eigenvalue weighted by Gasteiger charge is 2.30. The smallest absolute Gasteiger partial charge is 0.325 e. The second-order valence-corrected chi connectivity index (χ2v) is 6.38. The van der Waals surface area contributed by atoms with Crippen LogP contribution in [-0.4, -0.2) is 16.2 Å². The molecule has 6 heteroatoms. The van der Waals surface area contributed by atoms with Gasteiger partial charge in [-0.2, -0.15) is 0 Å². The van der Waals surface area contributed by atoms with E-state index in [9.17, 15) is 23.8 Å². The molecule has 3 aromatic rings. The number of carboxylic acid groups (broad SMARTS) is 1. The Kier molecular flexibility index (Phi) is 6.13. The number of carboxylic acids is 1. The first kappa shape index (κ1) is 19.7. The fraction of sp³-hybridized carbons (Fsp3) is 0.136. The van der Waals surface area contributed by atoms with Crippen LogP contribution in [0.4, 0.5) is 8.78 Å². The van der Waals surface area contributed by atoms with Crippen molar-refractivity contribution in [1.82, 2.24) is 5.32 Å². The highest BCUT2D eigenvalue weighted by Crippen LogP contribution is 2.31. The Balaban J connectivity index is 2.00. The monoisotopic (exact) mass is 383 g/mol. The molecule has 3 aromatic carbocycles. The summed E-state index contributed by atoms with van der Waals surface area (Å²) in [6.07, 6.45) is -1.08. The predicted molar refractivity (Wildman–Crippen MR) is 100 cm³/mol. The summed E-state index contributed by atoms with van der Waals surface area (Å²) < 4.78 is 27.3. The van der Waals surface area contributed by atoms with Gasteiger partial charge in [0.05, 0.1) is 12.1 Å². The summed E-state index contributed by atoms with van der Waals surface area (Å²) in [5.74, 6) is -3.06. The van der Waals surface area contributed by atoms with Gasteiger partial charge in [0.25, 0.3) is 0 Å². The van der Waals surface area contributed by atoms with Crippen LogP contribution < -0.4 is 5.32 Å². The van der Waals surface area contributed by atoms with Gasteiger partial charge in [0.1, 0.15) is 17.7 Å². The zero-order chi connectivity index (χ0) is 20.1. The van der Waals surface area contributed by atoms with Crippen molar-refractivity contribution in [1.29, 1.82) is 0 Å². The van der Waals surface area contributed by atoms with Gasteiger partial charge in [-0.1, -0.05) is 60.7 Å². The molecule has 4 nitrogen and oxygen atoms in total. The second kappa shape index (κ2) is 8.73. The van der Waals surface area contributed by atoms with Gasteiger partial charge in [-0.15, -0.1) is 0 Å². The Morgan fingerprint density at radius 1 is 0.786 bits per heavy atom. The molecule has 0 amide bonds. The van der Waals surface area contributed by atoms with Crippen molar-refractivity contribution in [2.75, 3.05) is 0 Å². The van der Waals surface area contributed by atoms with Gasteiger partial charge in [0.2, 0.25) is 0 Å². The molecule has 0 spiro atoms. The van der Waals surface area contributed by atoms with E-state index >= 15 is 0 Å². The van der Waals surface area contributed by atoms with Gasteiger partial charge in [0, 0.05) is 6.07 Å². The molecule has 0 saturated heterocycles. The first-order chi connectivity index (χ1) is 13.5. The molecule has 3 N–H and O–H groups in total. The van der Waals surface area contributed by atoms with E-state index in [-0.39, 0.29) is 5.56 Å². The highest BCUT2D eigenvalue weighted by atomic mass is 19.1. The number of carbonyl (C=O) groups is 1. The van der Waals surface area contributed by atoms with Crippen LogP contribution in [0.15, 0.2) is 78.9 Å². The van der Waals surface area contributed by atoms with E-state index in [4.69, 9.17) is 0 Å². The van der Waals surface area contributed by atoms with Crippen LogP contribution in [0.2, 0.25) is 0 Å². The van der Waals surface area contributed by atoms with E-state index in [2.05, 4.69) is 5.32 Å². The fourth-order valence-corrected chi connectivity index (χ4v) is 3.10. The zero-order valence-corrected chi connectivity index (χ0v) is 14.8. The zero-order valence-electron chi connectivity index (χ0n) is 14.8. The Morgan fingerprint density at radius 2 is 1.29 bits per heavy atom. The quantitative estimate of drug-likeness (QED) is 0.573. The molecular weight excluding hydrogens is 364 g/mol. The Hall–Kier alpha value is -3.09. The van der Waals surface area contributed by atoms with Gasteiger partial charge < -0.3 is 10.2 Å². The number of nitrogens with one attached hydrogen (secondary N) is 1. The Labute approximate surface area is 161 Å². The number of aliphatic carboxylic acids is 1. The highest BCUT2D eigenvalue weighted by molar-refractivity contribution is 5.75. The average molecular weight is 383 g/mol. The van der Waals surface area contributed by atoms with Crippen molar-refractivity contribution < 1.29 is 23.8 Å². The Bertz CT molecular complexity index is 915. The first-order valence-electron chi connectivity index (χ1n) is 8.68. The van der Waals surface area contributed by atoms with Crippen molar-refractivity contribution in [3.05, 3.63) is 107 Å². The lowest BCUT2D eigenvalue weighted by Gasteiger charge is -2.28. The summed E-state index contributed by atoms with van der Waals surface area (Å²) in [4.78, 5) is 11.9. The maximum Gasteiger partial charge on any atom is 0.325 e. The second-order valence-electron chi connectivity index (χ2n) is 6.38. The topological polar surface area (TPSA) is 69.6 Å². The normalized spacial score (nSPS) is 14.2. The lowest BCUT2D eigenvalue weighted by Crippen LogP contribution is -2.35. The molecule has 1 unspecified atom stereocenters. The lowest BCUT2D eigenvalue weighted by molar-refractivity contribution is -0.140. The fourth-order valence-electron chi connectivity index (χ4n) is 3.10. The number of hydrogen-bond acceptors (Lipinski definition) is 3. The van der Waals surface area contributed by atoms with Crippen molar-refractivity contribution in [3.8, 4) is 0 Å².